The monoisotopic (exact) mass is 284 g/mol. The van der Waals surface area contributed by atoms with Crippen LogP contribution in [-0.4, -0.2) is 0 Å². The van der Waals surface area contributed by atoms with Gasteiger partial charge in [0.05, 0.1) is 10.4 Å². The number of rotatable bonds is 4. The standard InChI is InChI=1S/C13H14ClFN2S/c1-8-6-9(15)2-4-11(8)12(17-16)7-10-3-5-13(14)18-10/h2-6,12,17H,7,16H2,1H3. The largest absolute Gasteiger partial charge is 0.271 e. The third-order valence-electron chi connectivity index (χ3n) is 2.84. The van der Waals surface area contributed by atoms with Crippen LogP contribution in [0, 0.1) is 12.7 Å². The molecule has 1 heterocycles. The summed E-state index contributed by atoms with van der Waals surface area (Å²) in [6, 6.07) is 8.54. The molecule has 96 valence electrons. The van der Waals surface area contributed by atoms with Gasteiger partial charge in [0, 0.05) is 11.3 Å². The predicted molar refractivity (Wildman–Crippen MR) is 74.2 cm³/mol. The number of nitrogens with two attached hydrogens (primary N) is 1. The Morgan fingerprint density at radius 1 is 1.39 bits per heavy atom. The van der Waals surface area contributed by atoms with Crippen LogP contribution >= 0.6 is 22.9 Å². The fraction of sp³-hybridized carbons (Fsp3) is 0.231. The molecule has 5 heteroatoms. The topological polar surface area (TPSA) is 38.0 Å². The number of hydrogen-bond donors (Lipinski definition) is 2. The second-order valence-corrected chi connectivity index (χ2v) is 5.93. The summed E-state index contributed by atoms with van der Waals surface area (Å²) in [5, 5.41) is 0. The highest BCUT2D eigenvalue weighted by molar-refractivity contribution is 7.16. The zero-order valence-corrected chi connectivity index (χ0v) is 11.5. The van der Waals surface area contributed by atoms with Crippen LogP contribution in [0.15, 0.2) is 30.3 Å². The number of benzene rings is 1. The molecule has 0 aliphatic rings. The van der Waals surface area contributed by atoms with E-state index in [1.54, 1.807) is 6.07 Å². The van der Waals surface area contributed by atoms with Crippen molar-refractivity contribution in [2.24, 2.45) is 5.84 Å². The molecule has 0 spiro atoms. The first kappa shape index (κ1) is 13.5. The van der Waals surface area contributed by atoms with Crippen molar-refractivity contribution in [3.05, 3.63) is 56.5 Å². The normalized spacial score (nSPS) is 12.7. The van der Waals surface area contributed by atoms with Gasteiger partial charge in [0.25, 0.3) is 0 Å². The van der Waals surface area contributed by atoms with Gasteiger partial charge in [-0.3, -0.25) is 11.3 Å². The van der Waals surface area contributed by atoms with Crippen LogP contribution in [0.1, 0.15) is 22.0 Å². The summed E-state index contributed by atoms with van der Waals surface area (Å²) in [6.07, 6.45) is 0.736. The highest BCUT2D eigenvalue weighted by Crippen LogP contribution is 2.27. The molecular formula is C13H14ClFN2S. The second kappa shape index (κ2) is 5.80. The highest BCUT2D eigenvalue weighted by atomic mass is 35.5. The number of nitrogens with one attached hydrogen (secondary N) is 1. The number of hydrogen-bond acceptors (Lipinski definition) is 3. The van der Waals surface area contributed by atoms with E-state index in [1.165, 1.54) is 23.5 Å². The Balaban J connectivity index is 2.22. The van der Waals surface area contributed by atoms with Gasteiger partial charge in [0.15, 0.2) is 0 Å². The summed E-state index contributed by atoms with van der Waals surface area (Å²) in [6.45, 7) is 1.88. The molecule has 0 bridgehead atoms. The van der Waals surface area contributed by atoms with Crippen LogP contribution in [0.25, 0.3) is 0 Å². The molecule has 1 aromatic carbocycles. The summed E-state index contributed by atoms with van der Waals surface area (Å²) < 4.78 is 13.8. The number of aryl methyl sites for hydroxylation is 1. The van der Waals surface area contributed by atoms with Gasteiger partial charge < -0.3 is 0 Å². The fourth-order valence-electron chi connectivity index (χ4n) is 1.95. The molecule has 2 nitrogen and oxygen atoms in total. The Labute approximate surface area is 115 Å². The van der Waals surface area contributed by atoms with Gasteiger partial charge in [-0.25, -0.2) is 4.39 Å². The molecule has 0 radical (unpaired) electrons. The minimum atomic E-state index is -0.230. The maximum absolute atomic E-state index is 13.1. The lowest BCUT2D eigenvalue weighted by atomic mass is 9.98. The van der Waals surface area contributed by atoms with E-state index >= 15 is 0 Å². The Morgan fingerprint density at radius 2 is 2.17 bits per heavy atom. The number of hydrazine groups is 1. The van der Waals surface area contributed by atoms with E-state index in [0.29, 0.717) is 0 Å². The first-order valence-corrected chi connectivity index (χ1v) is 6.76. The highest BCUT2D eigenvalue weighted by Gasteiger charge is 2.14. The second-order valence-electron chi connectivity index (χ2n) is 4.13. The van der Waals surface area contributed by atoms with Crippen LogP contribution in [0.5, 0.6) is 0 Å². The SMILES string of the molecule is Cc1cc(F)ccc1C(Cc1ccc(Cl)s1)NN. The Hall–Kier alpha value is -0.940. The van der Waals surface area contributed by atoms with Crippen molar-refractivity contribution in [2.45, 2.75) is 19.4 Å². The van der Waals surface area contributed by atoms with Crippen LogP contribution in [0.3, 0.4) is 0 Å². The number of halogens is 2. The lowest BCUT2D eigenvalue weighted by Crippen LogP contribution is -2.30. The maximum atomic E-state index is 13.1. The van der Waals surface area contributed by atoms with E-state index in [4.69, 9.17) is 17.4 Å². The van der Waals surface area contributed by atoms with Crippen molar-refractivity contribution in [3.8, 4) is 0 Å². The summed E-state index contributed by atoms with van der Waals surface area (Å²) in [4.78, 5) is 1.15. The van der Waals surface area contributed by atoms with Crippen molar-refractivity contribution in [1.82, 2.24) is 5.43 Å². The van der Waals surface area contributed by atoms with Gasteiger partial charge in [-0.1, -0.05) is 17.7 Å². The van der Waals surface area contributed by atoms with E-state index in [9.17, 15) is 4.39 Å². The minimum absolute atomic E-state index is 0.0414. The Kier molecular flexibility index (Phi) is 4.35. The molecule has 0 saturated heterocycles. The smallest absolute Gasteiger partial charge is 0.123 e. The van der Waals surface area contributed by atoms with Gasteiger partial charge in [-0.2, -0.15) is 0 Å². The Morgan fingerprint density at radius 3 is 2.72 bits per heavy atom. The minimum Gasteiger partial charge on any atom is -0.271 e. The lowest BCUT2D eigenvalue weighted by Gasteiger charge is -2.17. The zero-order valence-electron chi connectivity index (χ0n) is 9.91. The van der Waals surface area contributed by atoms with Gasteiger partial charge in [0.1, 0.15) is 5.82 Å². The third-order valence-corrected chi connectivity index (χ3v) is 4.10. The van der Waals surface area contributed by atoms with E-state index in [-0.39, 0.29) is 11.9 Å². The van der Waals surface area contributed by atoms with Gasteiger partial charge in [-0.05, 0) is 42.3 Å². The molecule has 1 atom stereocenters. The van der Waals surface area contributed by atoms with Crippen LogP contribution in [0.2, 0.25) is 4.34 Å². The summed E-state index contributed by atoms with van der Waals surface area (Å²) in [5.41, 5.74) is 4.67. The molecule has 0 amide bonds. The molecule has 2 aromatic rings. The fourth-order valence-corrected chi connectivity index (χ4v) is 3.08. The molecule has 1 unspecified atom stereocenters. The molecule has 0 aliphatic heterocycles. The van der Waals surface area contributed by atoms with E-state index in [0.717, 1.165) is 26.8 Å². The summed E-state index contributed by atoms with van der Waals surface area (Å²) >= 11 is 7.43. The lowest BCUT2D eigenvalue weighted by molar-refractivity contribution is 0.549. The summed E-state index contributed by atoms with van der Waals surface area (Å²) in [5.74, 6) is 5.36. The van der Waals surface area contributed by atoms with E-state index < -0.39 is 0 Å². The first-order chi connectivity index (χ1) is 8.60. The first-order valence-electron chi connectivity index (χ1n) is 5.56. The van der Waals surface area contributed by atoms with Gasteiger partial charge in [0.2, 0.25) is 0 Å². The van der Waals surface area contributed by atoms with Crippen molar-refractivity contribution in [2.75, 3.05) is 0 Å². The molecule has 1 aromatic heterocycles. The van der Waals surface area contributed by atoms with Gasteiger partial charge >= 0.3 is 0 Å². The van der Waals surface area contributed by atoms with Crippen LogP contribution in [-0.2, 0) is 6.42 Å². The number of thiophene rings is 1. The van der Waals surface area contributed by atoms with Crippen molar-refractivity contribution in [3.63, 3.8) is 0 Å². The van der Waals surface area contributed by atoms with Gasteiger partial charge in [-0.15, -0.1) is 11.3 Å². The van der Waals surface area contributed by atoms with E-state index in [1.807, 2.05) is 19.1 Å². The van der Waals surface area contributed by atoms with Crippen LogP contribution < -0.4 is 11.3 Å². The predicted octanol–water partition coefficient (Wildman–Crippen LogP) is 3.60. The van der Waals surface area contributed by atoms with Crippen molar-refractivity contribution < 1.29 is 4.39 Å². The average Bonchev–Trinajstić information content (AvgIpc) is 2.72. The molecule has 0 saturated carbocycles. The maximum Gasteiger partial charge on any atom is 0.123 e. The molecular weight excluding hydrogens is 271 g/mol. The van der Waals surface area contributed by atoms with E-state index in [2.05, 4.69) is 5.43 Å². The molecule has 2 rings (SSSR count). The third kappa shape index (κ3) is 3.09. The molecule has 0 aliphatic carbocycles. The van der Waals surface area contributed by atoms with Crippen molar-refractivity contribution >= 4 is 22.9 Å². The summed E-state index contributed by atoms with van der Waals surface area (Å²) in [7, 11) is 0. The average molecular weight is 285 g/mol. The molecule has 0 fully saturated rings. The van der Waals surface area contributed by atoms with Crippen molar-refractivity contribution in [1.29, 1.82) is 0 Å². The Bertz CT molecular complexity index is 542. The zero-order chi connectivity index (χ0) is 13.1. The quantitative estimate of drug-likeness (QED) is 0.665. The molecule has 18 heavy (non-hydrogen) atoms. The van der Waals surface area contributed by atoms with Crippen LogP contribution in [0.4, 0.5) is 4.39 Å². The molecule has 3 N–H and O–H groups in total.